The first kappa shape index (κ1) is 18.4. The molecule has 3 rings (SSSR count). The highest BCUT2D eigenvalue weighted by Gasteiger charge is 2.12. The number of pyridine rings is 1. The van der Waals surface area contributed by atoms with E-state index in [1.165, 1.54) is 0 Å². The van der Waals surface area contributed by atoms with Gasteiger partial charge in [-0.2, -0.15) is 0 Å². The molecule has 1 amide bonds. The van der Waals surface area contributed by atoms with Crippen LogP contribution in [0.5, 0.6) is 5.75 Å². The highest BCUT2D eigenvalue weighted by atomic mass is 19.1. The van der Waals surface area contributed by atoms with Crippen LogP contribution in [-0.4, -0.2) is 17.5 Å². The van der Waals surface area contributed by atoms with E-state index in [4.69, 9.17) is 11.2 Å². The van der Waals surface area contributed by atoms with Gasteiger partial charge in [-0.25, -0.2) is 4.39 Å². The smallest absolute Gasteiger partial charge is 0.251 e. The van der Waals surface area contributed by atoms with Crippen molar-refractivity contribution in [2.24, 2.45) is 0 Å². The largest absolute Gasteiger partial charge is 0.490 e. The molecule has 0 radical (unpaired) electrons. The summed E-state index contributed by atoms with van der Waals surface area (Å²) < 4.78 is 19.9. The number of nitrogens with one attached hydrogen (secondary N) is 1. The van der Waals surface area contributed by atoms with E-state index in [-0.39, 0.29) is 18.2 Å². The van der Waals surface area contributed by atoms with Gasteiger partial charge in [0.2, 0.25) is 0 Å². The number of fused-ring (bicyclic) bond motifs is 1. The highest BCUT2D eigenvalue weighted by Crippen LogP contribution is 2.21. The zero-order valence-electron chi connectivity index (χ0n) is 14.7. The van der Waals surface area contributed by atoms with Crippen LogP contribution in [0.15, 0.2) is 54.7 Å². The van der Waals surface area contributed by atoms with E-state index in [2.05, 4.69) is 16.2 Å². The number of amides is 1. The van der Waals surface area contributed by atoms with Crippen molar-refractivity contribution in [1.82, 2.24) is 10.3 Å². The summed E-state index contributed by atoms with van der Waals surface area (Å²) in [5.41, 5.74) is 1.67. The Kier molecular flexibility index (Phi) is 6.01. The van der Waals surface area contributed by atoms with Crippen LogP contribution in [0.4, 0.5) is 4.39 Å². The number of terminal acetylenes is 1. The number of carbonyl (C=O) groups excluding carboxylic acids is 1. The number of ether oxygens (including phenoxy) is 1. The Morgan fingerprint density at radius 2 is 2.11 bits per heavy atom. The third kappa shape index (κ3) is 4.62. The maximum atomic E-state index is 14.5. The number of hydrogen-bond acceptors (Lipinski definition) is 3. The summed E-state index contributed by atoms with van der Waals surface area (Å²) in [6, 6.07) is 13.8. The van der Waals surface area contributed by atoms with Crippen LogP contribution >= 0.6 is 0 Å². The number of rotatable bonds is 7. The number of aromatic nitrogens is 1. The molecule has 1 N–H and O–H groups in total. The summed E-state index contributed by atoms with van der Waals surface area (Å²) >= 11 is 0. The highest BCUT2D eigenvalue weighted by molar-refractivity contribution is 5.97. The normalized spacial score (nSPS) is 10.4. The third-order valence-corrected chi connectivity index (χ3v) is 4.07. The molecule has 4 nitrogen and oxygen atoms in total. The van der Waals surface area contributed by atoms with Crippen LogP contribution in [0.1, 0.15) is 28.8 Å². The van der Waals surface area contributed by atoms with Gasteiger partial charge < -0.3 is 10.1 Å². The van der Waals surface area contributed by atoms with Gasteiger partial charge >= 0.3 is 0 Å². The van der Waals surface area contributed by atoms with E-state index in [1.54, 1.807) is 42.6 Å². The van der Waals surface area contributed by atoms with Crippen LogP contribution in [0, 0.1) is 18.2 Å². The maximum absolute atomic E-state index is 14.5. The lowest BCUT2D eigenvalue weighted by Gasteiger charge is -2.11. The number of unbranched alkanes of at least 4 members (excludes halogenated alkanes) is 1. The number of nitrogens with zero attached hydrogens (tertiary/aromatic N) is 1. The van der Waals surface area contributed by atoms with Crippen molar-refractivity contribution in [3.63, 3.8) is 0 Å². The van der Waals surface area contributed by atoms with Crippen LogP contribution < -0.4 is 10.1 Å². The van der Waals surface area contributed by atoms with Crippen LogP contribution in [0.2, 0.25) is 0 Å². The van der Waals surface area contributed by atoms with Gasteiger partial charge in [-0.05, 0) is 36.8 Å². The van der Waals surface area contributed by atoms with E-state index < -0.39 is 5.82 Å². The Morgan fingerprint density at radius 1 is 1.22 bits per heavy atom. The second-order valence-electron chi connectivity index (χ2n) is 5.98. The van der Waals surface area contributed by atoms with Crippen molar-refractivity contribution in [3.8, 4) is 18.1 Å². The lowest BCUT2D eigenvalue weighted by molar-refractivity contribution is 0.0950. The number of halogens is 1. The summed E-state index contributed by atoms with van der Waals surface area (Å²) in [4.78, 5) is 16.6. The quantitative estimate of drug-likeness (QED) is 0.509. The molecule has 136 valence electrons. The van der Waals surface area contributed by atoms with E-state index in [1.807, 2.05) is 12.1 Å². The first-order valence-electron chi connectivity index (χ1n) is 8.65. The molecule has 0 fully saturated rings. The van der Waals surface area contributed by atoms with Crippen molar-refractivity contribution >= 4 is 16.8 Å². The Morgan fingerprint density at radius 3 is 2.96 bits per heavy atom. The average Bonchev–Trinajstić information content (AvgIpc) is 2.70. The van der Waals surface area contributed by atoms with Gasteiger partial charge in [-0.15, -0.1) is 12.3 Å². The fourth-order valence-corrected chi connectivity index (χ4v) is 2.66. The number of hydrogen-bond donors (Lipinski definition) is 1. The Labute approximate surface area is 157 Å². The van der Waals surface area contributed by atoms with Crippen LogP contribution in [0.3, 0.4) is 0 Å². The maximum Gasteiger partial charge on any atom is 0.251 e. The molecule has 0 spiro atoms. The minimum absolute atomic E-state index is 0.0668. The molecule has 0 saturated carbocycles. The van der Waals surface area contributed by atoms with Crippen molar-refractivity contribution in [2.45, 2.75) is 19.4 Å². The lowest BCUT2D eigenvalue weighted by Crippen LogP contribution is -2.23. The zero-order chi connectivity index (χ0) is 19.1. The third-order valence-electron chi connectivity index (χ3n) is 4.07. The minimum atomic E-state index is -0.471. The number of benzene rings is 2. The van der Waals surface area contributed by atoms with Gasteiger partial charge in [0.1, 0.15) is 0 Å². The molecular formula is C22H19FN2O2. The second kappa shape index (κ2) is 8.81. The first-order chi connectivity index (χ1) is 13.2. The van der Waals surface area contributed by atoms with Crippen LogP contribution in [-0.2, 0) is 6.54 Å². The molecule has 0 bridgehead atoms. The van der Waals surface area contributed by atoms with Crippen molar-refractivity contribution in [1.29, 1.82) is 0 Å². The van der Waals surface area contributed by atoms with Gasteiger partial charge in [-0.3, -0.25) is 9.78 Å². The Balaban J connectivity index is 1.65. The molecular weight excluding hydrogens is 343 g/mol. The first-order valence-corrected chi connectivity index (χ1v) is 8.65. The molecule has 0 unspecified atom stereocenters. The fraction of sp³-hybridized carbons (Fsp3) is 0.182. The summed E-state index contributed by atoms with van der Waals surface area (Å²) in [7, 11) is 0. The predicted molar refractivity (Wildman–Crippen MR) is 103 cm³/mol. The minimum Gasteiger partial charge on any atom is -0.490 e. The molecule has 0 saturated heterocycles. The summed E-state index contributed by atoms with van der Waals surface area (Å²) in [5, 5.41) is 3.62. The molecule has 2 aromatic carbocycles. The Bertz CT molecular complexity index is 995. The van der Waals surface area contributed by atoms with Crippen LogP contribution in [0.25, 0.3) is 10.9 Å². The van der Waals surface area contributed by atoms with Gasteiger partial charge in [-0.1, -0.05) is 18.2 Å². The summed E-state index contributed by atoms with van der Waals surface area (Å²) in [6.07, 6.45) is 8.13. The molecule has 0 aliphatic rings. The standard InChI is InChI=1S/C22H19FN2O2/c1-2-3-4-13-27-20-9-5-7-18(21(20)23)15-25-22(26)17-10-11-19-16(14-17)8-6-12-24-19/h1,5-12,14H,3-4,13,15H2,(H,25,26). The molecule has 3 aromatic rings. The second-order valence-corrected chi connectivity index (χ2v) is 5.98. The summed E-state index contributed by atoms with van der Waals surface area (Å²) in [6.45, 7) is 0.416. The number of carbonyl (C=O) groups is 1. The predicted octanol–water partition coefficient (Wildman–Crippen LogP) is 4.10. The molecule has 1 aromatic heterocycles. The molecule has 27 heavy (non-hydrogen) atoms. The van der Waals surface area contributed by atoms with Gasteiger partial charge in [0.05, 0.1) is 12.1 Å². The zero-order valence-corrected chi connectivity index (χ0v) is 14.7. The van der Waals surface area contributed by atoms with E-state index >= 15 is 0 Å². The SMILES string of the molecule is C#CCCCOc1cccc(CNC(=O)c2ccc3ncccc3c2)c1F. The fourth-order valence-electron chi connectivity index (χ4n) is 2.66. The molecule has 5 heteroatoms. The molecule has 0 atom stereocenters. The van der Waals surface area contributed by atoms with Gasteiger partial charge in [0.15, 0.2) is 11.6 Å². The van der Waals surface area contributed by atoms with E-state index in [0.29, 0.717) is 30.6 Å². The molecule has 1 heterocycles. The summed E-state index contributed by atoms with van der Waals surface area (Å²) in [5.74, 6) is 1.93. The molecule has 0 aliphatic carbocycles. The van der Waals surface area contributed by atoms with Gasteiger partial charge in [0, 0.05) is 35.7 Å². The van der Waals surface area contributed by atoms with E-state index in [9.17, 15) is 9.18 Å². The van der Waals surface area contributed by atoms with E-state index in [0.717, 1.165) is 10.9 Å². The average molecular weight is 362 g/mol. The van der Waals surface area contributed by atoms with Gasteiger partial charge in [0.25, 0.3) is 5.91 Å². The Hall–Kier alpha value is -3.39. The monoisotopic (exact) mass is 362 g/mol. The van der Waals surface area contributed by atoms with Crippen molar-refractivity contribution < 1.29 is 13.9 Å². The van der Waals surface area contributed by atoms with Crippen molar-refractivity contribution in [3.05, 3.63) is 71.7 Å². The lowest BCUT2D eigenvalue weighted by atomic mass is 10.1. The van der Waals surface area contributed by atoms with Crippen molar-refractivity contribution in [2.75, 3.05) is 6.61 Å². The molecule has 0 aliphatic heterocycles. The topological polar surface area (TPSA) is 51.2 Å².